The van der Waals surface area contributed by atoms with Crippen molar-refractivity contribution in [1.82, 2.24) is 9.88 Å². The molecule has 2 heterocycles. The third kappa shape index (κ3) is 4.19. The third-order valence-corrected chi connectivity index (χ3v) is 4.56. The van der Waals surface area contributed by atoms with Crippen molar-refractivity contribution < 1.29 is 40.3 Å². The highest BCUT2D eigenvalue weighted by atomic mass is 19.4. The number of pyridine rings is 1. The Morgan fingerprint density at radius 1 is 1.19 bits per heavy atom. The van der Waals surface area contributed by atoms with Crippen LogP contribution in [0.15, 0.2) is 18.5 Å². The van der Waals surface area contributed by atoms with Crippen molar-refractivity contribution in [2.45, 2.75) is 37.3 Å². The molecule has 5 nitrogen and oxygen atoms in total. The van der Waals surface area contributed by atoms with E-state index in [0.717, 1.165) is 11.1 Å². The topological polar surface area (TPSA) is 54.5 Å². The Hall–Kier alpha value is -2.27. The molecule has 2 fully saturated rings. The van der Waals surface area contributed by atoms with Crippen molar-refractivity contribution in [1.29, 1.82) is 0 Å². The fourth-order valence-corrected chi connectivity index (χ4v) is 3.46. The molecule has 1 saturated carbocycles. The molecule has 0 unspecified atom stereocenters. The quantitative estimate of drug-likeness (QED) is 0.785. The third-order valence-electron chi connectivity index (χ3n) is 4.56. The first kappa shape index (κ1) is 19.5. The Balaban J connectivity index is 1.48. The molecule has 1 amide bonds. The van der Waals surface area contributed by atoms with Gasteiger partial charge in [-0.2, -0.15) is 26.3 Å². The van der Waals surface area contributed by atoms with E-state index in [1.807, 2.05) is 0 Å². The van der Waals surface area contributed by atoms with E-state index in [4.69, 9.17) is 0 Å². The fourth-order valence-electron chi connectivity index (χ4n) is 3.46. The molecule has 1 aliphatic heterocycles. The second-order valence-corrected chi connectivity index (χ2v) is 6.84. The zero-order chi connectivity index (χ0) is 20.0. The lowest BCUT2D eigenvalue weighted by Crippen LogP contribution is -2.66. The maximum absolute atomic E-state index is 13.1. The summed E-state index contributed by atoms with van der Waals surface area (Å²) >= 11 is 0. The van der Waals surface area contributed by atoms with E-state index in [2.05, 4.69) is 15.0 Å². The maximum Gasteiger partial charge on any atom is 0.434 e. The van der Waals surface area contributed by atoms with Gasteiger partial charge in [0, 0.05) is 30.6 Å². The van der Waals surface area contributed by atoms with E-state index in [1.54, 1.807) is 0 Å². The molecule has 2 aliphatic rings. The number of nitrogens with one attached hydrogen (secondary N) is 1. The number of carbonyl (C=O) groups excluding carboxylic acids is 1. The number of likely N-dealkylation sites (tertiary alicyclic amines) is 1. The minimum Gasteiger partial charge on any atom is -0.426 e. The van der Waals surface area contributed by atoms with E-state index < -0.39 is 30.4 Å². The first-order valence-electron chi connectivity index (χ1n) is 7.84. The predicted molar refractivity (Wildman–Crippen MR) is 77.2 cm³/mol. The molecular formula is C15H14F7N3O2. The number of halogens is 7. The standard InChI is InChI=1S/C15H14F7N3O2/c16-8-1-9(5-23-4-8)24-10-2-13(3-10)6-25(7-13)12(26)27-11(14(17,18)19)15(20,21)22/h1,4-5,10-11,24H,2-3,6-7H2. The van der Waals surface area contributed by atoms with Gasteiger partial charge in [0.2, 0.25) is 0 Å². The molecule has 1 aromatic rings. The molecule has 1 saturated heterocycles. The van der Waals surface area contributed by atoms with Crippen molar-refractivity contribution in [2.75, 3.05) is 18.4 Å². The Labute approximate surface area is 148 Å². The van der Waals surface area contributed by atoms with E-state index in [-0.39, 0.29) is 24.5 Å². The molecule has 150 valence electrons. The minimum atomic E-state index is -5.74. The van der Waals surface area contributed by atoms with Crippen LogP contribution in [0.5, 0.6) is 0 Å². The second-order valence-electron chi connectivity index (χ2n) is 6.84. The van der Waals surface area contributed by atoms with Crippen molar-refractivity contribution in [2.24, 2.45) is 5.41 Å². The van der Waals surface area contributed by atoms with E-state index >= 15 is 0 Å². The van der Waals surface area contributed by atoms with Crippen LogP contribution in [0.25, 0.3) is 0 Å². The monoisotopic (exact) mass is 401 g/mol. The highest BCUT2D eigenvalue weighted by molar-refractivity contribution is 5.69. The summed E-state index contributed by atoms with van der Waals surface area (Å²) in [6.07, 6.45) is -13.7. The largest absolute Gasteiger partial charge is 0.434 e. The smallest absolute Gasteiger partial charge is 0.426 e. The molecule has 0 aromatic carbocycles. The SMILES string of the molecule is O=C(OC(C(F)(F)F)C(F)(F)F)N1CC2(CC(Nc3cncc(F)c3)C2)C1. The number of hydrogen-bond acceptors (Lipinski definition) is 4. The molecule has 1 aliphatic carbocycles. The van der Waals surface area contributed by atoms with Gasteiger partial charge >= 0.3 is 18.4 Å². The normalized spacial score (nSPS) is 19.6. The zero-order valence-corrected chi connectivity index (χ0v) is 13.6. The summed E-state index contributed by atoms with van der Waals surface area (Å²) in [6, 6.07) is 1.20. The number of hydrogen-bond donors (Lipinski definition) is 1. The van der Waals surface area contributed by atoms with Gasteiger partial charge in [-0.3, -0.25) is 4.98 Å². The van der Waals surface area contributed by atoms with Crippen LogP contribution in [0, 0.1) is 11.2 Å². The molecule has 1 aromatic heterocycles. The van der Waals surface area contributed by atoms with Gasteiger partial charge in [-0.05, 0) is 12.8 Å². The predicted octanol–water partition coefficient (Wildman–Crippen LogP) is 3.73. The van der Waals surface area contributed by atoms with Gasteiger partial charge in [-0.25, -0.2) is 9.18 Å². The van der Waals surface area contributed by atoms with Gasteiger partial charge in [-0.1, -0.05) is 0 Å². The van der Waals surface area contributed by atoms with Gasteiger partial charge in [0.15, 0.2) is 0 Å². The summed E-state index contributed by atoms with van der Waals surface area (Å²) in [5.74, 6) is -0.518. The van der Waals surface area contributed by atoms with Gasteiger partial charge in [0.05, 0.1) is 18.1 Å². The van der Waals surface area contributed by atoms with Crippen LogP contribution in [0.4, 0.5) is 41.2 Å². The lowest BCUT2D eigenvalue weighted by molar-refractivity contribution is -0.309. The van der Waals surface area contributed by atoms with Crippen molar-refractivity contribution in [3.8, 4) is 0 Å². The second kappa shape index (κ2) is 6.41. The van der Waals surface area contributed by atoms with E-state index in [0.29, 0.717) is 18.5 Å². The minimum absolute atomic E-state index is 0.00779. The number of aromatic nitrogens is 1. The number of anilines is 1. The number of alkyl halides is 6. The van der Waals surface area contributed by atoms with Crippen LogP contribution in [0.2, 0.25) is 0 Å². The lowest BCUT2D eigenvalue weighted by atomic mass is 9.61. The van der Waals surface area contributed by atoms with Gasteiger partial charge in [0.25, 0.3) is 6.10 Å². The Morgan fingerprint density at radius 3 is 2.30 bits per heavy atom. The highest BCUT2D eigenvalue weighted by Gasteiger charge is 2.61. The zero-order valence-electron chi connectivity index (χ0n) is 13.6. The Kier molecular flexibility index (Phi) is 4.63. The summed E-state index contributed by atoms with van der Waals surface area (Å²) in [6.45, 7) is 0.0156. The van der Waals surface area contributed by atoms with E-state index in [9.17, 15) is 35.5 Å². The first-order chi connectivity index (χ1) is 12.4. The maximum atomic E-state index is 13.1. The van der Waals surface area contributed by atoms with Crippen LogP contribution < -0.4 is 5.32 Å². The Bertz CT molecular complexity index is 694. The van der Waals surface area contributed by atoms with Gasteiger partial charge in [0.1, 0.15) is 5.82 Å². The first-order valence-corrected chi connectivity index (χ1v) is 7.84. The average molecular weight is 401 g/mol. The van der Waals surface area contributed by atoms with Crippen LogP contribution in [-0.4, -0.2) is 53.6 Å². The lowest BCUT2D eigenvalue weighted by Gasteiger charge is -2.58. The molecule has 27 heavy (non-hydrogen) atoms. The number of ether oxygens (including phenoxy) is 1. The van der Waals surface area contributed by atoms with Crippen LogP contribution >= 0.6 is 0 Å². The van der Waals surface area contributed by atoms with Crippen LogP contribution in [0.3, 0.4) is 0 Å². The van der Waals surface area contributed by atoms with E-state index in [1.165, 1.54) is 12.3 Å². The molecule has 3 rings (SSSR count). The molecular weight excluding hydrogens is 387 g/mol. The molecule has 1 N–H and O–H groups in total. The average Bonchev–Trinajstić information content (AvgIpc) is 2.43. The summed E-state index contributed by atoms with van der Waals surface area (Å²) in [4.78, 5) is 16.1. The van der Waals surface area contributed by atoms with Crippen LogP contribution in [-0.2, 0) is 4.74 Å². The molecule has 1 spiro atoms. The summed E-state index contributed by atoms with van der Waals surface area (Å²) in [7, 11) is 0. The van der Waals surface area contributed by atoms with Crippen molar-refractivity contribution in [3.63, 3.8) is 0 Å². The molecule has 12 heteroatoms. The Morgan fingerprint density at radius 2 is 1.78 bits per heavy atom. The molecule has 0 bridgehead atoms. The summed E-state index contributed by atoms with van der Waals surface area (Å²) < 4.78 is 91.2. The van der Waals surface area contributed by atoms with Gasteiger partial charge in [-0.15, -0.1) is 0 Å². The van der Waals surface area contributed by atoms with Crippen molar-refractivity contribution in [3.05, 3.63) is 24.3 Å². The highest BCUT2D eigenvalue weighted by Crippen LogP contribution is 2.49. The van der Waals surface area contributed by atoms with Crippen LogP contribution in [0.1, 0.15) is 12.8 Å². The fraction of sp³-hybridized carbons (Fsp3) is 0.600. The molecule has 0 atom stereocenters. The van der Waals surface area contributed by atoms with Gasteiger partial charge < -0.3 is 15.0 Å². The number of carbonyl (C=O) groups is 1. The number of rotatable bonds is 3. The molecule has 0 radical (unpaired) electrons. The summed E-state index contributed by atoms with van der Waals surface area (Å²) in [5, 5.41) is 3.02. The number of nitrogens with zero attached hydrogens (tertiary/aromatic N) is 2. The van der Waals surface area contributed by atoms with Crippen molar-refractivity contribution >= 4 is 11.8 Å². The summed E-state index contributed by atoms with van der Waals surface area (Å²) in [5.41, 5.74) is 0.0901. The number of amides is 1.